The van der Waals surface area contributed by atoms with Gasteiger partial charge in [-0.05, 0) is 12.8 Å². The Kier molecular flexibility index (Phi) is 7.45. The number of carbonyl (C=O) groups excluding carboxylic acids is 1. The van der Waals surface area contributed by atoms with Crippen molar-refractivity contribution < 1.29 is 9.53 Å². The molecular weight excluding hydrogens is 240 g/mol. The third-order valence-electron chi connectivity index (χ3n) is 3.32. The van der Waals surface area contributed by atoms with E-state index >= 15 is 0 Å². The Labute approximate surface area is 116 Å². The largest absolute Gasteiger partial charge is 0.379 e. The number of carbonyl (C=O) groups is 1. The zero-order valence-electron chi connectivity index (χ0n) is 12.3. The summed E-state index contributed by atoms with van der Waals surface area (Å²) < 4.78 is 5.37. The first kappa shape index (κ1) is 15.9. The van der Waals surface area contributed by atoms with E-state index in [1.54, 1.807) is 12.2 Å². The van der Waals surface area contributed by atoms with Crippen molar-refractivity contribution in [3.8, 4) is 0 Å². The van der Waals surface area contributed by atoms with E-state index in [9.17, 15) is 4.79 Å². The second-order valence-electron chi connectivity index (χ2n) is 5.09. The number of morpholine rings is 1. The molecule has 1 unspecified atom stereocenters. The lowest BCUT2D eigenvalue weighted by Gasteiger charge is -2.36. The molecular formula is C15H26N2O2. The van der Waals surface area contributed by atoms with E-state index in [0.29, 0.717) is 18.5 Å². The summed E-state index contributed by atoms with van der Waals surface area (Å²) in [7, 11) is 0. The number of rotatable bonds is 6. The van der Waals surface area contributed by atoms with Gasteiger partial charge >= 0.3 is 0 Å². The van der Waals surface area contributed by atoms with Gasteiger partial charge in [-0.1, -0.05) is 32.1 Å². The molecule has 1 amide bonds. The van der Waals surface area contributed by atoms with Gasteiger partial charge in [-0.15, -0.1) is 0 Å². The van der Waals surface area contributed by atoms with Crippen molar-refractivity contribution in [3.63, 3.8) is 0 Å². The maximum atomic E-state index is 11.7. The summed E-state index contributed by atoms with van der Waals surface area (Å²) in [4.78, 5) is 14.1. The minimum atomic E-state index is -0.0305. The number of nitrogens with one attached hydrogen (secondary N) is 1. The van der Waals surface area contributed by atoms with Gasteiger partial charge in [0.05, 0.1) is 13.2 Å². The smallest absolute Gasteiger partial charge is 0.244 e. The van der Waals surface area contributed by atoms with E-state index in [1.807, 2.05) is 19.1 Å². The Hall–Kier alpha value is -1.13. The lowest BCUT2D eigenvalue weighted by molar-refractivity contribution is -0.116. The van der Waals surface area contributed by atoms with Crippen LogP contribution in [0.3, 0.4) is 0 Å². The van der Waals surface area contributed by atoms with Crippen LogP contribution >= 0.6 is 0 Å². The molecule has 0 bridgehead atoms. The van der Waals surface area contributed by atoms with Crippen LogP contribution in [0.15, 0.2) is 24.3 Å². The highest BCUT2D eigenvalue weighted by Gasteiger charge is 2.23. The molecule has 1 atom stereocenters. The van der Waals surface area contributed by atoms with Gasteiger partial charge in [-0.2, -0.15) is 0 Å². The van der Waals surface area contributed by atoms with E-state index in [2.05, 4.69) is 24.1 Å². The van der Waals surface area contributed by atoms with E-state index in [4.69, 9.17) is 4.74 Å². The van der Waals surface area contributed by atoms with Gasteiger partial charge in [-0.3, -0.25) is 9.69 Å². The first-order chi connectivity index (χ1) is 9.15. The number of allylic oxidation sites excluding steroid dienone is 3. The van der Waals surface area contributed by atoms with E-state index in [0.717, 1.165) is 26.3 Å². The van der Waals surface area contributed by atoms with Crippen molar-refractivity contribution >= 4 is 5.91 Å². The first-order valence-electron chi connectivity index (χ1n) is 7.04. The highest BCUT2D eigenvalue weighted by atomic mass is 16.5. The molecule has 1 heterocycles. The van der Waals surface area contributed by atoms with Crippen LogP contribution in [0.4, 0.5) is 0 Å². The van der Waals surface area contributed by atoms with Crippen LogP contribution in [0.5, 0.6) is 0 Å². The minimum Gasteiger partial charge on any atom is -0.379 e. The molecule has 1 aliphatic rings. The van der Waals surface area contributed by atoms with Gasteiger partial charge in [0.1, 0.15) is 0 Å². The summed E-state index contributed by atoms with van der Waals surface area (Å²) in [6.07, 6.45) is 7.07. The lowest BCUT2D eigenvalue weighted by Crippen LogP contribution is -2.51. The average molecular weight is 266 g/mol. The first-order valence-corrected chi connectivity index (χ1v) is 7.04. The monoisotopic (exact) mass is 266 g/mol. The van der Waals surface area contributed by atoms with Crippen LogP contribution in [0.1, 0.15) is 20.8 Å². The van der Waals surface area contributed by atoms with Gasteiger partial charge in [0.25, 0.3) is 0 Å². The van der Waals surface area contributed by atoms with E-state index < -0.39 is 0 Å². The summed E-state index contributed by atoms with van der Waals surface area (Å²) >= 11 is 0. The summed E-state index contributed by atoms with van der Waals surface area (Å²) in [6, 6.07) is 0.378. The molecule has 0 spiro atoms. The van der Waals surface area contributed by atoms with Crippen molar-refractivity contribution in [1.29, 1.82) is 0 Å². The predicted molar refractivity (Wildman–Crippen MR) is 78.0 cm³/mol. The predicted octanol–water partition coefficient (Wildman–Crippen LogP) is 1.59. The SMILES string of the molecule is C/C=C/C=C/C(=O)NCC(C(C)C)N1CCOCC1. The van der Waals surface area contributed by atoms with Gasteiger partial charge in [-0.25, -0.2) is 0 Å². The van der Waals surface area contributed by atoms with Gasteiger partial charge in [0.2, 0.25) is 5.91 Å². The third-order valence-corrected chi connectivity index (χ3v) is 3.32. The summed E-state index contributed by atoms with van der Waals surface area (Å²) in [6.45, 7) is 10.5. The van der Waals surface area contributed by atoms with Crippen molar-refractivity contribution in [1.82, 2.24) is 10.2 Å². The molecule has 0 aromatic rings. The molecule has 1 fully saturated rings. The second-order valence-corrected chi connectivity index (χ2v) is 5.09. The fraction of sp³-hybridized carbons (Fsp3) is 0.667. The highest BCUT2D eigenvalue weighted by Crippen LogP contribution is 2.12. The molecule has 1 N–H and O–H groups in total. The molecule has 19 heavy (non-hydrogen) atoms. The van der Waals surface area contributed by atoms with Crippen molar-refractivity contribution in [2.24, 2.45) is 5.92 Å². The Morgan fingerprint density at radius 3 is 2.58 bits per heavy atom. The molecule has 0 aromatic heterocycles. The molecule has 4 nitrogen and oxygen atoms in total. The summed E-state index contributed by atoms with van der Waals surface area (Å²) in [5, 5.41) is 2.98. The summed E-state index contributed by atoms with van der Waals surface area (Å²) in [5.74, 6) is 0.481. The highest BCUT2D eigenvalue weighted by molar-refractivity contribution is 5.87. The maximum absolute atomic E-state index is 11.7. The third kappa shape index (κ3) is 6.03. The van der Waals surface area contributed by atoms with Crippen LogP contribution in [-0.4, -0.2) is 49.7 Å². The van der Waals surface area contributed by atoms with Crippen molar-refractivity contribution in [2.45, 2.75) is 26.8 Å². The number of hydrogen-bond acceptors (Lipinski definition) is 3. The lowest BCUT2D eigenvalue weighted by atomic mass is 10.0. The zero-order chi connectivity index (χ0) is 14.1. The fourth-order valence-corrected chi connectivity index (χ4v) is 2.21. The van der Waals surface area contributed by atoms with Gasteiger partial charge in [0.15, 0.2) is 0 Å². The van der Waals surface area contributed by atoms with Crippen LogP contribution in [0.2, 0.25) is 0 Å². The molecule has 0 aliphatic carbocycles. The Morgan fingerprint density at radius 2 is 2.00 bits per heavy atom. The van der Waals surface area contributed by atoms with Gasteiger partial charge in [0, 0.05) is 31.8 Å². The molecule has 1 saturated heterocycles. The number of amides is 1. The molecule has 1 rings (SSSR count). The normalized spacial score (nSPS) is 19.4. The fourth-order valence-electron chi connectivity index (χ4n) is 2.21. The van der Waals surface area contributed by atoms with Crippen molar-refractivity contribution in [3.05, 3.63) is 24.3 Å². The van der Waals surface area contributed by atoms with Gasteiger partial charge < -0.3 is 10.1 Å². The molecule has 4 heteroatoms. The Morgan fingerprint density at radius 1 is 1.32 bits per heavy atom. The maximum Gasteiger partial charge on any atom is 0.244 e. The van der Waals surface area contributed by atoms with Crippen LogP contribution in [0.25, 0.3) is 0 Å². The number of nitrogens with zero attached hydrogens (tertiary/aromatic N) is 1. The van der Waals surface area contributed by atoms with Crippen LogP contribution in [0, 0.1) is 5.92 Å². The molecule has 108 valence electrons. The second kappa shape index (κ2) is 8.88. The molecule has 0 radical (unpaired) electrons. The number of hydrogen-bond donors (Lipinski definition) is 1. The minimum absolute atomic E-state index is 0.0305. The average Bonchev–Trinajstić information content (AvgIpc) is 2.40. The Bertz CT molecular complexity index is 318. The molecule has 0 aromatic carbocycles. The van der Waals surface area contributed by atoms with Crippen LogP contribution in [-0.2, 0) is 9.53 Å². The zero-order valence-corrected chi connectivity index (χ0v) is 12.3. The van der Waals surface area contributed by atoms with E-state index in [1.165, 1.54) is 0 Å². The molecule has 0 saturated carbocycles. The quantitative estimate of drug-likeness (QED) is 0.586. The molecule has 1 aliphatic heterocycles. The summed E-state index contributed by atoms with van der Waals surface area (Å²) in [5.41, 5.74) is 0. The van der Waals surface area contributed by atoms with Crippen molar-refractivity contribution in [2.75, 3.05) is 32.8 Å². The van der Waals surface area contributed by atoms with E-state index in [-0.39, 0.29) is 5.91 Å². The number of ether oxygens (including phenoxy) is 1. The van der Waals surface area contributed by atoms with Crippen LogP contribution < -0.4 is 5.32 Å². The topological polar surface area (TPSA) is 41.6 Å². The standard InChI is InChI=1S/C15H26N2O2/c1-4-5-6-7-15(18)16-12-14(13(2)3)17-8-10-19-11-9-17/h4-7,13-14H,8-12H2,1-3H3,(H,16,18)/b5-4+,7-6+. The Balaban J connectivity index is 2.43.